The molecule has 0 aliphatic heterocycles. The molecular weight excluding hydrogens is 232 g/mol. The Hall–Kier alpha value is -0.0800. The van der Waals surface area contributed by atoms with Crippen molar-refractivity contribution in [1.29, 1.82) is 0 Å². The zero-order valence-electron chi connectivity index (χ0n) is 13.8. The molecule has 1 rings (SSSR count). The molecule has 1 fully saturated rings. The van der Waals surface area contributed by atoms with Gasteiger partial charge in [-0.3, -0.25) is 0 Å². The Kier molecular flexibility index (Phi) is 8.01. The summed E-state index contributed by atoms with van der Waals surface area (Å²) in [4.78, 5) is 2.53. The van der Waals surface area contributed by atoms with Crippen LogP contribution in [0.1, 0.15) is 78.1 Å². The molecule has 1 saturated carbocycles. The Bertz CT molecular complexity index is 219. The van der Waals surface area contributed by atoms with Crippen LogP contribution in [0.5, 0.6) is 0 Å². The Labute approximate surface area is 121 Å². The van der Waals surface area contributed by atoms with Crippen molar-refractivity contribution >= 4 is 0 Å². The summed E-state index contributed by atoms with van der Waals surface area (Å²) in [5, 5.41) is 3.88. The lowest BCUT2D eigenvalue weighted by Gasteiger charge is -2.49. The van der Waals surface area contributed by atoms with Crippen molar-refractivity contribution in [2.24, 2.45) is 0 Å². The summed E-state index contributed by atoms with van der Waals surface area (Å²) in [6.07, 6.45) is 13.7. The van der Waals surface area contributed by atoms with Crippen LogP contribution in [0.15, 0.2) is 0 Å². The number of unbranched alkanes of at least 4 members (excludes halogenated alkanes) is 2. The Balaban J connectivity index is 2.70. The first-order chi connectivity index (χ1) is 9.17. The molecule has 2 nitrogen and oxygen atoms in total. The summed E-state index contributed by atoms with van der Waals surface area (Å²) in [5.74, 6) is 0. The zero-order chi connectivity index (χ0) is 14.1. The van der Waals surface area contributed by atoms with Crippen molar-refractivity contribution in [3.05, 3.63) is 0 Å². The van der Waals surface area contributed by atoms with Crippen LogP contribution < -0.4 is 5.32 Å². The molecule has 0 radical (unpaired) electrons. The van der Waals surface area contributed by atoms with Gasteiger partial charge in [-0.05, 0) is 46.3 Å². The molecule has 0 spiro atoms. The Morgan fingerprint density at radius 1 is 1.00 bits per heavy atom. The third-order valence-corrected chi connectivity index (χ3v) is 5.00. The lowest BCUT2D eigenvalue weighted by molar-refractivity contribution is 0.0524. The molecule has 0 saturated heterocycles. The number of hydrogen-bond donors (Lipinski definition) is 1. The van der Waals surface area contributed by atoms with Gasteiger partial charge in [0.1, 0.15) is 0 Å². The Morgan fingerprint density at radius 3 is 2.21 bits per heavy atom. The van der Waals surface area contributed by atoms with Gasteiger partial charge in [0.2, 0.25) is 0 Å². The molecule has 0 heterocycles. The molecule has 0 aromatic carbocycles. The van der Waals surface area contributed by atoms with Crippen molar-refractivity contribution in [2.75, 3.05) is 20.6 Å². The molecule has 19 heavy (non-hydrogen) atoms. The first-order valence-electron chi connectivity index (χ1n) is 8.58. The summed E-state index contributed by atoms with van der Waals surface area (Å²) < 4.78 is 0. The second kappa shape index (κ2) is 8.97. The minimum Gasteiger partial charge on any atom is -0.312 e. The van der Waals surface area contributed by atoms with Crippen LogP contribution in [0.4, 0.5) is 0 Å². The first kappa shape index (κ1) is 17.0. The van der Waals surface area contributed by atoms with Gasteiger partial charge < -0.3 is 10.2 Å². The summed E-state index contributed by atoms with van der Waals surface area (Å²) in [7, 11) is 4.59. The lowest BCUT2D eigenvalue weighted by Crippen LogP contribution is -2.60. The second-order valence-electron chi connectivity index (χ2n) is 6.56. The number of nitrogens with zero attached hydrogens (tertiary/aromatic N) is 1. The van der Waals surface area contributed by atoms with Crippen molar-refractivity contribution < 1.29 is 0 Å². The Morgan fingerprint density at radius 2 is 1.68 bits per heavy atom. The average Bonchev–Trinajstić information content (AvgIpc) is 2.43. The van der Waals surface area contributed by atoms with Crippen LogP contribution in [0.3, 0.4) is 0 Å². The van der Waals surface area contributed by atoms with Crippen LogP contribution in [-0.4, -0.2) is 37.1 Å². The second-order valence-corrected chi connectivity index (χ2v) is 6.56. The quantitative estimate of drug-likeness (QED) is 0.631. The van der Waals surface area contributed by atoms with Crippen LogP contribution >= 0.6 is 0 Å². The van der Waals surface area contributed by atoms with Gasteiger partial charge in [-0.2, -0.15) is 0 Å². The third-order valence-electron chi connectivity index (χ3n) is 5.00. The van der Waals surface area contributed by atoms with E-state index in [0.29, 0.717) is 11.6 Å². The fourth-order valence-corrected chi connectivity index (χ4v) is 3.75. The van der Waals surface area contributed by atoms with Gasteiger partial charge in [0.25, 0.3) is 0 Å². The predicted octanol–water partition coefficient (Wildman–Crippen LogP) is 4.20. The molecule has 1 unspecified atom stereocenters. The molecular formula is C17H36N2. The van der Waals surface area contributed by atoms with Gasteiger partial charge in [-0.1, -0.05) is 52.4 Å². The van der Waals surface area contributed by atoms with Crippen molar-refractivity contribution in [2.45, 2.75) is 89.6 Å². The molecule has 1 aliphatic carbocycles. The number of likely N-dealkylation sites (N-methyl/N-ethyl adjacent to an activating group) is 1. The van der Waals surface area contributed by atoms with Gasteiger partial charge >= 0.3 is 0 Å². The van der Waals surface area contributed by atoms with E-state index in [2.05, 4.69) is 38.2 Å². The first-order valence-corrected chi connectivity index (χ1v) is 8.58. The highest BCUT2D eigenvalue weighted by Gasteiger charge is 2.40. The highest BCUT2D eigenvalue weighted by atomic mass is 15.2. The number of nitrogens with one attached hydrogen (secondary N) is 1. The van der Waals surface area contributed by atoms with E-state index in [1.807, 2.05) is 0 Å². The van der Waals surface area contributed by atoms with Gasteiger partial charge in [0, 0.05) is 11.6 Å². The van der Waals surface area contributed by atoms with Crippen LogP contribution in [0.25, 0.3) is 0 Å². The van der Waals surface area contributed by atoms with E-state index in [9.17, 15) is 0 Å². The maximum Gasteiger partial charge on any atom is 0.0356 e. The molecule has 0 bridgehead atoms. The van der Waals surface area contributed by atoms with E-state index < -0.39 is 0 Å². The van der Waals surface area contributed by atoms with E-state index in [-0.39, 0.29) is 0 Å². The van der Waals surface area contributed by atoms with Gasteiger partial charge in [-0.15, -0.1) is 0 Å². The minimum absolute atomic E-state index is 0.418. The van der Waals surface area contributed by atoms with Crippen LogP contribution in [0.2, 0.25) is 0 Å². The molecule has 0 aromatic heterocycles. The minimum atomic E-state index is 0.418. The largest absolute Gasteiger partial charge is 0.312 e. The highest BCUT2D eigenvalue weighted by molar-refractivity contribution is 5.00. The van der Waals surface area contributed by atoms with Crippen molar-refractivity contribution in [3.63, 3.8) is 0 Å². The molecule has 2 heteroatoms. The van der Waals surface area contributed by atoms with Gasteiger partial charge in [-0.25, -0.2) is 0 Å². The van der Waals surface area contributed by atoms with E-state index >= 15 is 0 Å². The summed E-state index contributed by atoms with van der Waals surface area (Å²) in [6.45, 7) is 5.75. The molecule has 1 aliphatic rings. The average molecular weight is 268 g/mol. The summed E-state index contributed by atoms with van der Waals surface area (Å²) >= 11 is 0. The van der Waals surface area contributed by atoms with E-state index in [1.54, 1.807) is 0 Å². The summed E-state index contributed by atoms with van der Waals surface area (Å²) in [5.41, 5.74) is 0.418. The smallest absolute Gasteiger partial charge is 0.0356 e. The molecule has 1 N–H and O–H groups in total. The molecule has 0 amide bonds. The van der Waals surface area contributed by atoms with Crippen LogP contribution in [-0.2, 0) is 0 Å². The number of rotatable bonds is 9. The van der Waals surface area contributed by atoms with Crippen molar-refractivity contribution in [1.82, 2.24) is 10.2 Å². The monoisotopic (exact) mass is 268 g/mol. The van der Waals surface area contributed by atoms with Crippen molar-refractivity contribution in [3.8, 4) is 0 Å². The fourth-order valence-electron chi connectivity index (χ4n) is 3.75. The molecule has 0 aromatic rings. The van der Waals surface area contributed by atoms with E-state index in [1.165, 1.54) is 70.8 Å². The topological polar surface area (TPSA) is 15.3 Å². The normalized spacial score (nSPS) is 20.7. The predicted molar refractivity (Wildman–Crippen MR) is 85.7 cm³/mol. The zero-order valence-corrected chi connectivity index (χ0v) is 13.8. The van der Waals surface area contributed by atoms with E-state index in [4.69, 9.17) is 0 Å². The van der Waals surface area contributed by atoms with Gasteiger partial charge in [0.15, 0.2) is 0 Å². The number of hydrogen-bond acceptors (Lipinski definition) is 2. The van der Waals surface area contributed by atoms with E-state index in [0.717, 1.165) is 0 Å². The van der Waals surface area contributed by atoms with Gasteiger partial charge in [0.05, 0.1) is 0 Å². The lowest BCUT2D eigenvalue weighted by atomic mass is 9.73. The standard InChI is InChI=1S/C17H36N2/c1-5-7-9-12-16(18-15-6-2)17(19(3)4)13-10-8-11-14-17/h16,18H,5-15H2,1-4H3. The molecule has 114 valence electrons. The maximum atomic E-state index is 3.88. The maximum absolute atomic E-state index is 3.88. The highest BCUT2D eigenvalue weighted by Crippen LogP contribution is 2.36. The third kappa shape index (κ3) is 4.75. The summed E-state index contributed by atoms with van der Waals surface area (Å²) in [6, 6.07) is 0.689. The fraction of sp³-hybridized carbons (Fsp3) is 1.00. The van der Waals surface area contributed by atoms with Crippen LogP contribution in [0, 0.1) is 0 Å². The molecule has 1 atom stereocenters. The SMILES string of the molecule is CCCCCC(NCCC)C1(N(C)C)CCCCC1.